The second-order valence-electron chi connectivity index (χ2n) is 1.55. The molecule has 0 fully saturated rings. The average Bonchev–Trinajstić information content (AvgIpc) is 2.13. The van der Waals surface area contributed by atoms with E-state index >= 15 is 0 Å². The summed E-state index contributed by atoms with van der Waals surface area (Å²) in [4.78, 5) is 0. The molecule has 3 nitrogen and oxygen atoms in total. The van der Waals surface area contributed by atoms with Crippen LogP contribution in [0.1, 0.15) is 0 Å². The third-order valence-electron chi connectivity index (χ3n) is 0.920. The van der Waals surface area contributed by atoms with E-state index in [0.717, 1.165) is 3.57 Å². The van der Waals surface area contributed by atoms with E-state index in [1.807, 2.05) is 22.6 Å². The lowest BCUT2D eigenvalue weighted by Gasteiger charge is -1.90. The van der Waals surface area contributed by atoms with Crippen molar-refractivity contribution in [2.45, 2.75) is 0 Å². The average molecular weight is 238 g/mol. The maximum Gasteiger partial charge on any atom is 0.492 e. The summed E-state index contributed by atoms with van der Waals surface area (Å²) in [7, 11) is -1.42. The predicted molar refractivity (Wildman–Crippen MR) is 41.3 cm³/mol. The van der Waals surface area contributed by atoms with Gasteiger partial charge in [0.05, 0.1) is 9.83 Å². The van der Waals surface area contributed by atoms with Crippen LogP contribution in [0.5, 0.6) is 0 Å². The minimum Gasteiger partial charge on any atom is -0.472 e. The molecule has 0 spiro atoms. The van der Waals surface area contributed by atoms with Crippen LogP contribution in [0.3, 0.4) is 0 Å². The van der Waals surface area contributed by atoms with Gasteiger partial charge >= 0.3 is 7.12 Å². The SMILES string of the molecule is OB(O)c1cocc1I. The first-order valence-corrected chi connectivity index (χ1v) is 3.37. The molecule has 1 rings (SSSR count). The van der Waals surface area contributed by atoms with Crippen LogP contribution in [0.15, 0.2) is 16.9 Å². The van der Waals surface area contributed by atoms with E-state index in [1.165, 1.54) is 12.5 Å². The lowest BCUT2D eigenvalue weighted by molar-refractivity contribution is 0.425. The van der Waals surface area contributed by atoms with Crippen LogP contribution < -0.4 is 5.46 Å². The van der Waals surface area contributed by atoms with Crippen molar-refractivity contribution in [1.82, 2.24) is 0 Å². The molecular weight excluding hydrogens is 234 g/mol. The highest BCUT2D eigenvalue weighted by molar-refractivity contribution is 14.1. The molecule has 1 aromatic heterocycles. The molecule has 0 aliphatic heterocycles. The molecule has 0 radical (unpaired) electrons. The van der Waals surface area contributed by atoms with E-state index in [-0.39, 0.29) is 0 Å². The Kier molecular flexibility index (Phi) is 2.15. The van der Waals surface area contributed by atoms with Gasteiger partial charge in [-0.15, -0.1) is 0 Å². The number of hydrogen-bond acceptors (Lipinski definition) is 3. The smallest absolute Gasteiger partial charge is 0.472 e. The maximum absolute atomic E-state index is 8.58. The van der Waals surface area contributed by atoms with Gasteiger partial charge in [0.1, 0.15) is 6.26 Å². The summed E-state index contributed by atoms with van der Waals surface area (Å²) in [6, 6.07) is 0. The third kappa shape index (κ3) is 1.47. The Morgan fingerprint density at radius 3 is 2.33 bits per heavy atom. The lowest BCUT2D eigenvalue weighted by atomic mass is 9.83. The molecule has 0 unspecified atom stereocenters. The van der Waals surface area contributed by atoms with Crippen LogP contribution in [-0.2, 0) is 0 Å². The molecule has 48 valence electrons. The maximum atomic E-state index is 8.58. The zero-order chi connectivity index (χ0) is 6.85. The van der Waals surface area contributed by atoms with Crippen LogP contribution in [0, 0.1) is 3.57 Å². The number of halogens is 1. The molecule has 9 heavy (non-hydrogen) atoms. The molecular formula is C4H4BIO3. The first-order valence-electron chi connectivity index (χ1n) is 2.29. The molecule has 0 atom stereocenters. The van der Waals surface area contributed by atoms with Crippen molar-refractivity contribution in [3.63, 3.8) is 0 Å². The van der Waals surface area contributed by atoms with Crippen LogP contribution in [0.4, 0.5) is 0 Å². The molecule has 0 aliphatic carbocycles. The zero-order valence-corrected chi connectivity index (χ0v) is 6.57. The number of rotatable bonds is 1. The Morgan fingerprint density at radius 1 is 1.44 bits per heavy atom. The summed E-state index contributed by atoms with van der Waals surface area (Å²) < 4.78 is 5.40. The van der Waals surface area contributed by atoms with Gasteiger partial charge in [0, 0.05) is 5.46 Å². The second kappa shape index (κ2) is 2.72. The number of hydrogen-bond donors (Lipinski definition) is 2. The highest BCUT2D eigenvalue weighted by Crippen LogP contribution is 2.00. The molecule has 0 saturated heterocycles. The second-order valence-corrected chi connectivity index (χ2v) is 2.71. The molecule has 0 amide bonds. The van der Waals surface area contributed by atoms with Gasteiger partial charge in [0.25, 0.3) is 0 Å². The van der Waals surface area contributed by atoms with Gasteiger partial charge in [-0.25, -0.2) is 0 Å². The third-order valence-corrected chi connectivity index (χ3v) is 1.80. The summed E-state index contributed by atoms with van der Waals surface area (Å²) in [6.07, 6.45) is 2.77. The molecule has 2 N–H and O–H groups in total. The lowest BCUT2D eigenvalue weighted by Crippen LogP contribution is -2.30. The summed E-state index contributed by atoms with van der Waals surface area (Å²) in [5.41, 5.74) is 0.413. The Labute approximate surface area is 66.0 Å². The van der Waals surface area contributed by atoms with E-state index in [2.05, 4.69) is 4.42 Å². The van der Waals surface area contributed by atoms with Crippen molar-refractivity contribution in [2.75, 3.05) is 0 Å². The van der Waals surface area contributed by atoms with Crippen molar-refractivity contribution in [1.29, 1.82) is 0 Å². The minimum atomic E-state index is -1.42. The summed E-state index contributed by atoms with van der Waals surface area (Å²) in [5.74, 6) is 0. The zero-order valence-electron chi connectivity index (χ0n) is 4.41. The van der Waals surface area contributed by atoms with Crippen molar-refractivity contribution in [3.05, 3.63) is 16.1 Å². The fourth-order valence-electron chi connectivity index (χ4n) is 0.476. The highest BCUT2D eigenvalue weighted by atomic mass is 127. The summed E-state index contributed by atoms with van der Waals surface area (Å²) in [6.45, 7) is 0. The van der Waals surface area contributed by atoms with Crippen molar-refractivity contribution < 1.29 is 14.5 Å². The molecule has 0 aromatic carbocycles. The van der Waals surface area contributed by atoms with Gasteiger partial charge in [-0.3, -0.25) is 0 Å². The Bertz CT molecular complexity index is 197. The summed E-state index contributed by atoms with van der Waals surface area (Å²) >= 11 is 1.96. The van der Waals surface area contributed by atoms with Crippen LogP contribution in [0.2, 0.25) is 0 Å². The van der Waals surface area contributed by atoms with E-state index in [9.17, 15) is 0 Å². The Hall–Kier alpha value is -0.00506. The van der Waals surface area contributed by atoms with Crippen LogP contribution in [-0.4, -0.2) is 17.2 Å². The van der Waals surface area contributed by atoms with Crippen molar-refractivity contribution in [2.24, 2.45) is 0 Å². The molecule has 0 aliphatic rings. The van der Waals surface area contributed by atoms with Gasteiger partial charge in [-0.05, 0) is 22.6 Å². The van der Waals surface area contributed by atoms with E-state index in [1.54, 1.807) is 0 Å². The number of furan rings is 1. The van der Waals surface area contributed by atoms with E-state index in [4.69, 9.17) is 10.0 Å². The molecule has 0 bridgehead atoms. The predicted octanol–water partition coefficient (Wildman–Crippen LogP) is -0.436. The first kappa shape index (κ1) is 7.11. The fraction of sp³-hybridized carbons (Fsp3) is 0. The Balaban J connectivity index is 2.94. The first-order chi connectivity index (χ1) is 4.22. The molecule has 0 saturated carbocycles. The monoisotopic (exact) mass is 238 g/mol. The highest BCUT2D eigenvalue weighted by Gasteiger charge is 2.15. The molecule has 1 heterocycles. The van der Waals surface area contributed by atoms with Crippen molar-refractivity contribution >= 4 is 35.2 Å². The van der Waals surface area contributed by atoms with Crippen LogP contribution in [0.25, 0.3) is 0 Å². The van der Waals surface area contributed by atoms with Crippen molar-refractivity contribution in [3.8, 4) is 0 Å². The van der Waals surface area contributed by atoms with Gasteiger partial charge in [-0.2, -0.15) is 0 Å². The minimum absolute atomic E-state index is 0.413. The largest absolute Gasteiger partial charge is 0.492 e. The summed E-state index contributed by atoms with van der Waals surface area (Å²) in [5, 5.41) is 17.2. The Morgan fingerprint density at radius 2 is 2.11 bits per heavy atom. The van der Waals surface area contributed by atoms with E-state index < -0.39 is 7.12 Å². The van der Waals surface area contributed by atoms with Crippen LogP contribution >= 0.6 is 22.6 Å². The molecule has 1 aromatic rings. The van der Waals surface area contributed by atoms with Gasteiger partial charge in [-0.1, -0.05) is 0 Å². The fourth-order valence-corrected chi connectivity index (χ4v) is 1.03. The van der Waals surface area contributed by atoms with Gasteiger partial charge in [0.15, 0.2) is 0 Å². The standard InChI is InChI=1S/C4H4BIO3/c6-4-2-9-1-3(4)5(7)8/h1-2,7-8H. The topological polar surface area (TPSA) is 53.6 Å². The normalized spacial score (nSPS) is 9.67. The quantitative estimate of drug-likeness (QED) is 0.515. The van der Waals surface area contributed by atoms with Gasteiger partial charge < -0.3 is 14.5 Å². The van der Waals surface area contributed by atoms with E-state index in [0.29, 0.717) is 5.46 Å². The van der Waals surface area contributed by atoms with Gasteiger partial charge in [0.2, 0.25) is 0 Å². The molecule has 5 heteroatoms.